The van der Waals surface area contributed by atoms with Gasteiger partial charge in [-0.25, -0.2) is 0 Å². The maximum Gasteiger partial charge on any atom is 0.224 e. The second-order valence-electron chi connectivity index (χ2n) is 5.14. The molecule has 0 spiro atoms. The number of likely N-dealkylation sites (tertiary alicyclic amines) is 1. The first kappa shape index (κ1) is 15.7. The van der Waals surface area contributed by atoms with Gasteiger partial charge in [-0.3, -0.25) is 4.79 Å². The highest BCUT2D eigenvalue weighted by Crippen LogP contribution is 2.24. The minimum atomic E-state index is -0.0136. The number of hydrogen-bond acceptors (Lipinski definition) is 2. The molecule has 4 heteroatoms. The van der Waals surface area contributed by atoms with E-state index in [0.29, 0.717) is 6.42 Å². The lowest BCUT2D eigenvalue weighted by molar-refractivity contribution is -0.133. The fraction of sp³-hybridized carbons (Fsp3) is 0.917. The lowest BCUT2D eigenvalue weighted by Gasteiger charge is -2.34. The zero-order valence-electron chi connectivity index (χ0n) is 10.6. The van der Waals surface area contributed by atoms with Gasteiger partial charge in [-0.05, 0) is 31.6 Å². The van der Waals surface area contributed by atoms with Gasteiger partial charge in [0.05, 0.1) is 0 Å². The van der Waals surface area contributed by atoms with Crippen molar-refractivity contribution in [1.29, 1.82) is 0 Å². The molecule has 0 saturated carbocycles. The van der Waals surface area contributed by atoms with Gasteiger partial charge in [0, 0.05) is 25.6 Å². The molecule has 1 aliphatic heterocycles. The van der Waals surface area contributed by atoms with E-state index in [1.807, 2.05) is 11.8 Å². The highest BCUT2D eigenvalue weighted by Gasteiger charge is 2.24. The van der Waals surface area contributed by atoms with Crippen molar-refractivity contribution in [3.63, 3.8) is 0 Å². The normalized spacial score (nSPS) is 19.4. The second kappa shape index (κ2) is 7.13. The van der Waals surface area contributed by atoms with E-state index >= 15 is 0 Å². The van der Waals surface area contributed by atoms with E-state index in [2.05, 4.69) is 13.8 Å². The fourth-order valence-electron chi connectivity index (χ4n) is 2.22. The SMILES string of the molecule is CC(N)CC(=O)N1CCC(C(C)C)CC1.Cl. The Morgan fingerprint density at radius 3 is 2.19 bits per heavy atom. The Kier molecular flexibility index (Phi) is 7.00. The van der Waals surface area contributed by atoms with Gasteiger partial charge in [0.15, 0.2) is 0 Å². The van der Waals surface area contributed by atoms with Crippen LogP contribution in [0.5, 0.6) is 0 Å². The number of carbonyl (C=O) groups excluding carboxylic acids is 1. The van der Waals surface area contributed by atoms with Crippen molar-refractivity contribution >= 4 is 18.3 Å². The van der Waals surface area contributed by atoms with Crippen molar-refractivity contribution in [2.45, 2.75) is 46.1 Å². The number of hydrogen-bond donors (Lipinski definition) is 1. The van der Waals surface area contributed by atoms with Crippen LogP contribution < -0.4 is 5.73 Å². The Labute approximate surface area is 105 Å². The largest absolute Gasteiger partial charge is 0.343 e. The Balaban J connectivity index is 0.00000225. The predicted molar refractivity (Wildman–Crippen MR) is 69.7 cm³/mol. The van der Waals surface area contributed by atoms with Gasteiger partial charge < -0.3 is 10.6 Å². The molecule has 3 nitrogen and oxygen atoms in total. The van der Waals surface area contributed by atoms with Crippen LogP contribution in [0, 0.1) is 11.8 Å². The predicted octanol–water partition coefficient (Wildman–Crippen LogP) is 2.04. The van der Waals surface area contributed by atoms with Gasteiger partial charge in [0.2, 0.25) is 5.91 Å². The van der Waals surface area contributed by atoms with E-state index in [1.54, 1.807) is 0 Å². The van der Waals surface area contributed by atoms with Gasteiger partial charge in [-0.15, -0.1) is 12.4 Å². The zero-order valence-corrected chi connectivity index (χ0v) is 11.4. The number of nitrogens with two attached hydrogens (primary N) is 1. The molecule has 0 bridgehead atoms. The molecule has 1 saturated heterocycles. The van der Waals surface area contributed by atoms with E-state index < -0.39 is 0 Å². The molecular weight excluding hydrogens is 224 g/mol. The van der Waals surface area contributed by atoms with Crippen molar-refractivity contribution in [2.75, 3.05) is 13.1 Å². The summed E-state index contributed by atoms with van der Waals surface area (Å²) in [5.41, 5.74) is 5.63. The van der Waals surface area contributed by atoms with Gasteiger partial charge >= 0.3 is 0 Å². The lowest BCUT2D eigenvalue weighted by atomic mass is 9.86. The van der Waals surface area contributed by atoms with Crippen LogP contribution >= 0.6 is 12.4 Å². The van der Waals surface area contributed by atoms with Crippen LogP contribution in [0.4, 0.5) is 0 Å². The van der Waals surface area contributed by atoms with E-state index in [0.717, 1.165) is 37.8 Å². The summed E-state index contributed by atoms with van der Waals surface area (Å²) in [4.78, 5) is 13.7. The van der Waals surface area contributed by atoms with E-state index in [-0.39, 0.29) is 24.4 Å². The summed E-state index contributed by atoms with van der Waals surface area (Å²) in [6, 6.07) is -0.0136. The van der Waals surface area contributed by atoms with E-state index in [1.165, 1.54) is 0 Å². The van der Waals surface area contributed by atoms with Crippen LogP contribution in [0.1, 0.15) is 40.0 Å². The molecule has 16 heavy (non-hydrogen) atoms. The highest BCUT2D eigenvalue weighted by atomic mass is 35.5. The average molecular weight is 249 g/mol. The molecule has 1 atom stereocenters. The molecule has 1 amide bonds. The first-order valence-corrected chi connectivity index (χ1v) is 6.04. The van der Waals surface area contributed by atoms with Gasteiger partial charge in [0.1, 0.15) is 0 Å². The number of rotatable bonds is 3. The van der Waals surface area contributed by atoms with Crippen molar-refractivity contribution in [1.82, 2.24) is 4.90 Å². The quantitative estimate of drug-likeness (QED) is 0.831. The molecule has 2 N–H and O–H groups in total. The van der Waals surface area contributed by atoms with Crippen LogP contribution in [-0.2, 0) is 4.79 Å². The molecule has 0 aromatic rings. The van der Waals surface area contributed by atoms with Crippen molar-refractivity contribution in [3.05, 3.63) is 0 Å². The van der Waals surface area contributed by atoms with Crippen LogP contribution in [0.3, 0.4) is 0 Å². The molecule has 0 radical (unpaired) electrons. The number of nitrogens with zero attached hydrogens (tertiary/aromatic N) is 1. The van der Waals surface area contributed by atoms with Crippen molar-refractivity contribution in [3.8, 4) is 0 Å². The maximum atomic E-state index is 11.7. The summed E-state index contributed by atoms with van der Waals surface area (Å²) in [6.45, 7) is 8.27. The molecule has 0 aliphatic carbocycles. The van der Waals surface area contributed by atoms with Gasteiger partial charge in [0.25, 0.3) is 0 Å². The maximum absolute atomic E-state index is 11.7. The van der Waals surface area contributed by atoms with E-state index in [9.17, 15) is 4.79 Å². The van der Waals surface area contributed by atoms with Crippen molar-refractivity contribution in [2.24, 2.45) is 17.6 Å². The Morgan fingerprint density at radius 1 is 1.31 bits per heavy atom. The summed E-state index contributed by atoms with van der Waals surface area (Å²) < 4.78 is 0. The number of amides is 1. The molecule has 1 rings (SSSR count). The monoisotopic (exact) mass is 248 g/mol. The highest BCUT2D eigenvalue weighted by molar-refractivity contribution is 5.85. The van der Waals surface area contributed by atoms with Crippen LogP contribution in [0.2, 0.25) is 0 Å². The topological polar surface area (TPSA) is 46.3 Å². The third-order valence-electron chi connectivity index (χ3n) is 3.33. The lowest BCUT2D eigenvalue weighted by Crippen LogP contribution is -2.41. The minimum Gasteiger partial charge on any atom is -0.343 e. The molecule has 0 aromatic heterocycles. The fourth-order valence-corrected chi connectivity index (χ4v) is 2.22. The smallest absolute Gasteiger partial charge is 0.224 e. The molecule has 96 valence electrons. The molecule has 0 aromatic carbocycles. The molecular formula is C12H25ClN2O. The Morgan fingerprint density at radius 2 is 1.81 bits per heavy atom. The summed E-state index contributed by atoms with van der Waals surface area (Å²) in [5, 5.41) is 0. The van der Waals surface area contributed by atoms with Crippen molar-refractivity contribution < 1.29 is 4.79 Å². The molecule has 1 heterocycles. The third kappa shape index (κ3) is 4.71. The first-order chi connectivity index (χ1) is 7.00. The number of carbonyl (C=O) groups is 1. The summed E-state index contributed by atoms with van der Waals surface area (Å²) in [6.07, 6.45) is 2.80. The second-order valence-corrected chi connectivity index (χ2v) is 5.14. The average Bonchev–Trinajstić information content (AvgIpc) is 2.17. The van der Waals surface area contributed by atoms with Crippen LogP contribution in [0.15, 0.2) is 0 Å². The standard InChI is InChI=1S/C12H24N2O.ClH/c1-9(2)11-4-6-14(7-5-11)12(15)8-10(3)13;/h9-11H,4-8,13H2,1-3H3;1H. The first-order valence-electron chi connectivity index (χ1n) is 6.04. The minimum absolute atomic E-state index is 0. The summed E-state index contributed by atoms with van der Waals surface area (Å²) in [5.74, 6) is 1.77. The third-order valence-corrected chi connectivity index (χ3v) is 3.33. The van der Waals surface area contributed by atoms with Gasteiger partial charge in [-0.2, -0.15) is 0 Å². The van der Waals surface area contributed by atoms with Crippen LogP contribution in [0.25, 0.3) is 0 Å². The van der Waals surface area contributed by atoms with Gasteiger partial charge in [-0.1, -0.05) is 13.8 Å². The molecule has 1 fully saturated rings. The number of piperidine rings is 1. The Bertz CT molecular complexity index is 211. The summed E-state index contributed by atoms with van der Waals surface area (Å²) in [7, 11) is 0. The van der Waals surface area contributed by atoms with Crippen LogP contribution in [-0.4, -0.2) is 29.9 Å². The summed E-state index contributed by atoms with van der Waals surface area (Å²) >= 11 is 0. The molecule has 1 unspecified atom stereocenters. The number of halogens is 1. The zero-order chi connectivity index (χ0) is 11.4. The molecule has 1 aliphatic rings. The van der Waals surface area contributed by atoms with E-state index in [4.69, 9.17) is 5.73 Å². The Hall–Kier alpha value is -0.280.